The maximum atomic E-state index is 12.4. The average Bonchev–Trinajstić information content (AvgIpc) is 3.35. The van der Waals surface area contributed by atoms with Gasteiger partial charge in [-0.3, -0.25) is 20.2 Å². The van der Waals surface area contributed by atoms with E-state index in [-0.39, 0.29) is 28.0 Å². The standard InChI is InChI=1S/C19H14ClN5O4S/c1-10(2)18-23-24-19(30-18)22-17(26)11(9-21)7-13-4-6-16(29-13)14-5-3-12(25(27)28)8-15(14)20/h3-8,10H,1-2H3,(H,22,24,26)/b11-7-. The van der Waals surface area contributed by atoms with E-state index in [1.165, 1.54) is 35.6 Å². The molecule has 3 rings (SSSR count). The lowest BCUT2D eigenvalue weighted by molar-refractivity contribution is -0.384. The Labute approximate surface area is 179 Å². The van der Waals surface area contributed by atoms with Crippen molar-refractivity contribution < 1.29 is 14.1 Å². The van der Waals surface area contributed by atoms with E-state index in [0.29, 0.717) is 16.5 Å². The third kappa shape index (κ3) is 4.71. The predicted octanol–water partition coefficient (Wildman–Crippen LogP) is 5.03. The Kier molecular flexibility index (Phi) is 6.25. The summed E-state index contributed by atoms with van der Waals surface area (Å²) in [6.45, 7) is 3.91. The normalized spacial score (nSPS) is 11.4. The molecule has 0 spiro atoms. The summed E-state index contributed by atoms with van der Waals surface area (Å²) < 4.78 is 5.63. The Balaban J connectivity index is 1.80. The van der Waals surface area contributed by atoms with Gasteiger partial charge in [0, 0.05) is 29.7 Å². The summed E-state index contributed by atoms with van der Waals surface area (Å²) in [5.74, 6) is 0.109. The highest BCUT2D eigenvalue weighted by molar-refractivity contribution is 7.15. The van der Waals surface area contributed by atoms with E-state index in [1.807, 2.05) is 19.9 Å². The molecule has 3 aromatic rings. The lowest BCUT2D eigenvalue weighted by Crippen LogP contribution is -2.13. The number of hydrogen-bond donors (Lipinski definition) is 1. The molecule has 0 saturated heterocycles. The van der Waals surface area contributed by atoms with Crippen molar-refractivity contribution in [1.82, 2.24) is 10.2 Å². The minimum Gasteiger partial charge on any atom is -0.457 e. The van der Waals surface area contributed by atoms with E-state index < -0.39 is 10.8 Å². The molecule has 0 saturated carbocycles. The predicted molar refractivity (Wildman–Crippen MR) is 112 cm³/mol. The van der Waals surface area contributed by atoms with Crippen LogP contribution in [0.1, 0.15) is 30.5 Å². The summed E-state index contributed by atoms with van der Waals surface area (Å²) in [4.78, 5) is 22.6. The number of furan rings is 1. The van der Waals surface area contributed by atoms with Gasteiger partial charge in [0.25, 0.3) is 11.6 Å². The third-order valence-corrected chi connectivity index (χ3v) is 5.31. The fourth-order valence-electron chi connectivity index (χ4n) is 2.37. The molecule has 0 aliphatic carbocycles. The van der Waals surface area contributed by atoms with Crippen LogP contribution in [0.4, 0.5) is 10.8 Å². The lowest BCUT2D eigenvalue weighted by Gasteiger charge is -2.01. The zero-order valence-corrected chi connectivity index (χ0v) is 17.3. The quantitative estimate of drug-likeness (QED) is 0.244. The number of anilines is 1. The van der Waals surface area contributed by atoms with Crippen LogP contribution in [0.2, 0.25) is 5.02 Å². The molecule has 30 heavy (non-hydrogen) atoms. The number of carbonyl (C=O) groups is 1. The Morgan fingerprint density at radius 2 is 2.13 bits per heavy atom. The van der Waals surface area contributed by atoms with Crippen LogP contribution in [-0.4, -0.2) is 21.0 Å². The summed E-state index contributed by atoms with van der Waals surface area (Å²) >= 11 is 7.34. The fourth-order valence-corrected chi connectivity index (χ4v) is 3.38. The van der Waals surface area contributed by atoms with Gasteiger partial charge in [0.2, 0.25) is 5.13 Å². The molecule has 0 fully saturated rings. The van der Waals surface area contributed by atoms with Crippen molar-refractivity contribution >= 4 is 45.7 Å². The van der Waals surface area contributed by atoms with Crippen LogP contribution < -0.4 is 5.32 Å². The Morgan fingerprint density at radius 1 is 1.37 bits per heavy atom. The lowest BCUT2D eigenvalue weighted by atomic mass is 10.1. The Morgan fingerprint density at radius 3 is 2.73 bits per heavy atom. The first-order valence-corrected chi connectivity index (χ1v) is 9.78. The van der Waals surface area contributed by atoms with Gasteiger partial charge in [0.05, 0.1) is 9.95 Å². The highest BCUT2D eigenvalue weighted by Crippen LogP contribution is 2.32. The number of nitrogens with zero attached hydrogens (tertiary/aromatic N) is 4. The minimum absolute atomic E-state index is 0.142. The second-order valence-electron chi connectivity index (χ2n) is 6.35. The van der Waals surface area contributed by atoms with Gasteiger partial charge in [-0.05, 0) is 18.2 Å². The van der Waals surface area contributed by atoms with Gasteiger partial charge in [-0.2, -0.15) is 5.26 Å². The number of rotatable bonds is 6. The van der Waals surface area contributed by atoms with E-state index in [4.69, 9.17) is 16.0 Å². The SMILES string of the molecule is CC(C)c1nnc(NC(=O)/C(C#N)=C\c2ccc(-c3ccc([N+](=O)[O-])cc3Cl)o2)s1. The van der Waals surface area contributed by atoms with Crippen molar-refractivity contribution in [3.05, 3.63) is 61.8 Å². The van der Waals surface area contributed by atoms with E-state index in [1.54, 1.807) is 12.1 Å². The summed E-state index contributed by atoms with van der Waals surface area (Å²) in [7, 11) is 0. The van der Waals surface area contributed by atoms with Crippen molar-refractivity contribution in [2.24, 2.45) is 0 Å². The molecule has 11 heteroatoms. The second kappa shape index (κ2) is 8.86. The molecule has 0 unspecified atom stereocenters. The number of hydrogen-bond acceptors (Lipinski definition) is 8. The van der Waals surface area contributed by atoms with E-state index >= 15 is 0 Å². The molecule has 2 aromatic heterocycles. The van der Waals surface area contributed by atoms with Gasteiger partial charge in [-0.25, -0.2) is 0 Å². The number of benzene rings is 1. The molecule has 152 valence electrons. The topological polar surface area (TPSA) is 135 Å². The highest BCUT2D eigenvalue weighted by Gasteiger charge is 2.16. The summed E-state index contributed by atoms with van der Waals surface area (Å²) in [6, 6.07) is 8.96. The first-order valence-electron chi connectivity index (χ1n) is 8.59. The van der Waals surface area contributed by atoms with Gasteiger partial charge < -0.3 is 4.42 Å². The monoisotopic (exact) mass is 443 g/mol. The molecular formula is C19H14ClN5O4S. The summed E-state index contributed by atoms with van der Waals surface area (Å²) in [5.41, 5.74) is 0.114. The zero-order chi connectivity index (χ0) is 21.8. The number of aromatic nitrogens is 2. The first kappa shape index (κ1) is 21.2. The molecule has 0 radical (unpaired) electrons. The summed E-state index contributed by atoms with van der Waals surface area (Å²) in [6.07, 6.45) is 1.28. The van der Waals surface area contributed by atoms with Crippen LogP contribution in [0, 0.1) is 21.4 Å². The van der Waals surface area contributed by atoms with Gasteiger partial charge in [0.1, 0.15) is 28.2 Å². The molecule has 1 N–H and O–H groups in total. The number of nitrogens with one attached hydrogen (secondary N) is 1. The molecule has 1 amide bonds. The van der Waals surface area contributed by atoms with Crippen LogP contribution in [-0.2, 0) is 4.79 Å². The molecule has 0 aliphatic heterocycles. The number of non-ortho nitro benzene ring substituents is 1. The maximum Gasteiger partial charge on any atom is 0.270 e. The summed E-state index contributed by atoms with van der Waals surface area (Å²) in [5, 5.41) is 31.8. The van der Waals surface area contributed by atoms with Crippen LogP contribution in [0.15, 0.2) is 40.3 Å². The van der Waals surface area contributed by atoms with Crippen LogP contribution in [0.25, 0.3) is 17.4 Å². The maximum absolute atomic E-state index is 12.4. The van der Waals surface area contributed by atoms with E-state index in [9.17, 15) is 20.2 Å². The van der Waals surface area contributed by atoms with Crippen LogP contribution in [0.3, 0.4) is 0 Å². The van der Waals surface area contributed by atoms with Crippen LogP contribution >= 0.6 is 22.9 Å². The second-order valence-corrected chi connectivity index (χ2v) is 7.76. The molecule has 2 heterocycles. The van der Waals surface area contributed by atoms with Crippen molar-refractivity contribution in [3.63, 3.8) is 0 Å². The number of nitriles is 1. The first-order chi connectivity index (χ1) is 14.3. The van der Waals surface area contributed by atoms with Gasteiger partial charge in [-0.15, -0.1) is 10.2 Å². The molecule has 1 aromatic carbocycles. The number of halogens is 1. The van der Waals surface area contributed by atoms with E-state index in [2.05, 4.69) is 15.5 Å². The molecular weight excluding hydrogens is 430 g/mol. The Hall–Kier alpha value is -3.55. The third-order valence-electron chi connectivity index (χ3n) is 3.86. The van der Waals surface area contributed by atoms with Crippen molar-refractivity contribution in [2.45, 2.75) is 19.8 Å². The zero-order valence-electron chi connectivity index (χ0n) is 15.7. The molecule has 0 aliphatic rings. The molecule has 9 nitrogen and oxygen atoms in total. The smallest absolute Gasteiger partial charge is 0.270 e. The van der Waals surface area contributed by atoms with Gasteiger partial charge in [-0.1, -0.05) is 36.8 Å². The number of nitro groups is 1. The van der Waals surface area contributed by atoms with E-state index in [0.717, 1.165) is 5.01 Å². The average molecular weight is 444 g/mol. The number of nitro benzene ring substituents is 1. The largest absolute Gasteiger partial charge is 0.457 e. The van der Waals surface area contributed by atoms with Crippen molar-refractivity contribution in [3.8, 4) is 17.4 Å². The van der Waals surface area contributed by atoms with Gasteiger partial charge >= 0.3 is 0 Å². The number of amides is 1. The van der Waals surface area contributed by atoms with Crippen molar-refractivity contribution in [1.29, 1.82) is 5.26 Å². The van der Waals surface area contributed by atoms with Crippen molar-refractivity contribution in [2.75, 3.05) is 5.32 Å². The molecule has 0 atom stereocenters. The Bertz CT molecular complexity index is 1190. The minimum atomic E-state index is -0.643. The van der Waals surface area contributed by atoms with Crippen LogP contribution in [0.5, 0.6) is 0 Å². The fraction of sp³-hybridized carbons (Fsp3) is 0.158. The highest BCUT2D eigenvalue weighted by atomic mass is 35.5. The number of carbonyl (C=O) groups excluding carboxylic acids is 1. The molecule has 0 bridgehead atoms. The van der Waals surface area contributed by atoms with Gasteiger partial charge in [0.15, 0.2) is 0 Å².